The van der Waals surface area contributed by atoms with Crippen LogP contribution in [0, 0.1) is 0 Å². The molecule has 2 aromatic carbocycles. The number of carbonyl (C=O) groups is 1. The van der Waals surface area contributed by atoms with E-state index in [0.717, 1.165) is 5.56 Å². The first-order chi connectivity index (χ1) is 13.5. The van der Waals surface area contributed by atoms with Crippen LogP contribution in [0.25, 0.3) is 0 Å². The minimum absolute atomic E-state index is 0.0312. The molecule has 0 aliphatic heterocycles. The van der Waals surface area contributed by atoms with Crippen molar-refractivity contribution >= 4 is 11.9 Å². The Morgan fingerprint density at radius 2 is 1.82 bits per heavy atom. The highest BCUT2D eigenvalue weighted by Crippen LogP contribution is 2.25. The molecule has 0 aliphatic rings. The molecule has 3 rings (SSSR count). The van der Waals surface area contributed by atoms with Gasteiger partial charge >= 0.3 is 6.01 Å². The fourth-order valence-electron chi connectivity index (χ4n) is 2.73. The molecule has 0 radical (unpaired) electrons. The van der Waals surface area contributed by atoms with E-state index in [9.17, 15) is 4.79 Å². The van der Waals surface area contributed by atoms with E-state index in [2.05, 4.69) is 41.5 Å². The maximum absolute atomic E-state index is 12.6. The largest absolute Gasteiger partial charge is 0.497 e. The van der Waals surface area contributed by atoms with Gasteiger partial charge in [-0.2, -0.15) is 0 Å². The van der Waals surface area contributed by atoms with Crippen LogP contribution >= 0.6 is 0 Å². The second-order valence-corrected chi connectivity index (χ2v) is 6.59. The van der Waals surface area contributed by atoms with Gasteiger partial charge in [0.1, 0.15) is 11.5 Å². The minimum atomic E-state index is -0.424. The Bertz CT molecular complexity index is 949. The number of methoxy groups -OCH3 is 2. The molecule has 7 nitrogen and oxygen atoms in total. The van der Waals surface area contributed by atoms with Crippen LogP contribution in [0.2, 0.25) is 0 Å². The molecule has 1 aromatic heterocycles. The van der Waals surface area contributed by atoms with E-state index >= 15 is 0 Å². The van der Waals surface area contributed by atoms with E-state index in [-0.39, 0.29) is 6.01 Å². The Hall–Kier alpha value is -3.35. The van der Waals surface area contributed by atoms with Gasteiger partial charge in [-0.15, -0.1) is 5.10 Å². The first-order valence-corrected chi connectivity index (χ1v) is 8.94. The highest BCUT2D eigenvalue weighted by Gasteiger charge is 2.17. The van der Waals surface area contributed by atoms with Gasteiger partial charge in [0.25, 0.3) is 5.91 Å². The number of nitrogens with zero attached hydrogens (tertiary/aromatic N) is 2. The Morgan fingerprint density at radius 3 is 2.46 bits per heavy atom. The highest BCUT2D eigenvalue weighted by atomic mass is 16.5. The fraction of sp³-hybridized carbons (Fsp3) is 0.286. The van der Waals surface area contributed by atoms with Crippen molar-refractivity contribution in [2.24, 2.45) is 0 Å². The van der Waals surface area contributed by atoms with Crippen molar-refractivity contribution in [3.05, 3.63) is 65.0 Å². The van der Waals surface area contributed by atoms with Crippen molar-refractivity contribution in [2.75, 3.05) is 19.5 Å². The van der Waals surface area contributed by atoms with E-state index in [1.165, 1.54) is 19.8 Å². The second kappa shape index (κ2) is 8.56. The van der Waals surface area contributed by atoms with Crippen LogP contribution in [0.4, 0.5) is 6.01 Å². The maximum atomic E-state index is 12.6. The van der Waals surface area contributed by atoms with Crippen LogP contribution in [0.5, 0.6) is 11.5 Å². The van der Waals surface area contributed by atoms with E-state index in [1.54, 1.807) is 18.2 Å². The van der Waals surface area contributed by atoms with Crippen molar-refractivity contribution in [1.29, 1.82) is 0 Å². The predicted molar refractivity (Wildman–Crippen MR) is 105 cm³/mol. The lowest BCUT2D eigenvalue weighted by atomic mass is 10.0. The lowest BCUT2D eigenvalue weighted by Crippen LogP contribution is -2.13. The molecule has 1 N–H and O–H groups in total. The number of hydrogen-bond donors (Lipinski definition) is 1. The molecule has 7 heteroatoms. The summed E-state index contributed by atoms with van der Waals surface area (Å²) in [6.45, 7) is 4.30. The van der Waals surface area contributed by atoms with Gasteiger partial charge in [-0.3, -0.25) is 10.1 Å². The van der Waals surface area contributed by atoms with Crippen LogP contribution in [0.1, 0.15) is 47.1 Å². The standard InChI is InChI=1S/C21H23N3O4/c1-13(2)15-7-5-14(6-8-15)11-19-23-24-21(28-19)22-20(25)17-12-16(26-3)9-10-18(17)27-4/h5-10,12-13H,11H2,1-4H3,(H,22,24,25). The van der Waals surface area contributed by atoms with Gasteiger partial charge in [0.2, 0.25) is 5.89 Å². The minimum Gasteiger partial charge on any atom is -0.497 e. The van der Waals surface area contributed by atoms with Crippen molar-refractivity contribution in [3.63, 3.8) is 0 Å². The lowest BCUT2D eigenvalue weighted by Gasteiger charge is -2.09. The molecule has 0 saturated carbocycles. The molecule has 146 valence electrons. The van der Waals surface area contributed by atoms with Crippen molar-refractivity contribution in [2.45, 2.75) is 26.2 Å². The number of anilines is 1. The number of carbonyl (C=O) groups excluding carboxylic acids is 1. The van der Waals surface area contributed by atoms with Crippen molar-refractivity contribution in [3.8, 4) is 11.5 Å². The van der Waals surface area contributed by atoms with Gasteiger partial charge in [-0.05, 0) is 35.2 Å². The molecule has 0 aliphatic carbocycles. The second-order valence-electron chi connectivity index (χ2n) is 6.59. The molecule has 1 amide bonds. The average Bonchev–Trinajstić information content (AvgIpc) is 3.14. The van der Waals surface area contributed by atoms with Gasteiger partial charge in [0.05, 0.1) is 26.2 Å². The number of ether oxygens (including phenoxy) is 2. The zero-order valence-electron chi connectivity index (χ0n) is 16.4. The smallest absolute Gasteiger partial charge is 0.322 e. The summed E-state index contributed by atoms with van der Waals surface area (Å²) in [6.07, 6.45) is 0.490. The number of benzene rings is 2. The molecular formula is C21H23N3O4. The van der Waals surface area contributed by atoms with E-state index in [0.29, 0.717) is 35.3 Å². The summed E-state index contributed by atoms with van der Waals surface area (Å²) in [7, 11) is 3.02. The molecule has 0 bridgehead atoms. The normalized spacial score (nSPS) is 10.8. The Morgan fingerprint density at radius 1 is 1.07 bits per heavy atom. The fourth-order valence-corrected chi connectivity index (χ4v) is 2.73. The molecule has 3 aromatic rings. The molecule has 0 atom stereocenters. The summed E-state index contributed by atoms with van der Waals surface area (Å²) < 4.78 is 16.0. The Kier molecular flexibility index (Phi) is 5.93. The van der Waals surface area contributed by atoms with Gasteiger partial charge in [0, 0.05) is 0 Å². The van der Waals surface area contributed by atoms with Crippen molar-refractivity contribution in [1.82, 2.24) is 10.2 Å². The summed E-state index contributed by atoms with van der Waals surface area (Å²) >= 11 is 0. The third kappa shape index (κ3) is 4.49. The number of hydrogen-bond acceptors (Lipinski definition) is 6. The summed E-state index contributed by atoms with van der Waals surface area (Å²) in [5.41, 5.74) is 2.64. The number of nitrogens with one attached hydrogen (secondary N) is 1. The van der Waals surface area contributed by atoms with E-state index in [4.69, 9.17) is 13.9 Å². The van der Waals surface area contributed by atoms with Crippen LogP contribution in [-0.4, -0.2) is 30.3 Å². The molecule has 1 heterocycles. The van der Waals surface area contributed by atoms with Gasteiger partial charge in [-0.25, -0.2) is 0 Å². The molecule has 0 unspecified atom stereocenters. The molecular weight excluding hydrogens is 358 g/mol. The quantitative estimate of drug-likeness (QED) is 0.664. The van der Waals surface area contributed by atoms with Crippen LogP contribution in [0.15, 0.2) is 46.9 Å². The van der Waals surface area contributed by atoms with Gasteiger partial charge in [-0.1, -0.05) is 43.2 Å². The summed E-state index contributed by atoms with van der Waals surface area (Å²) in [5, 5.41) is 10.5. The molecule has 28 heavy (non-hydrogen) atoms. The third-order valence-corrected chi connectivity index (χ3v) is 4.34. The first kappa shape index (κ1) is 19.4. The average molecular weight is 381 g/mol. The SMILES string of the molecule is COc1ccc(OC)c(C(=O)Nc2nnc(Cc3ccc(C(C)C)cc3)o2)c1. The summed E-state index contributed by atoms with van der Waals surface area (Å²) in [6, 6.07) is 13.3. The van der Waals surface area contributed by atoms with Crippen LogP contribution in [0.3, 0.4) is 0 Å². The number of amides is 1. The Labute approximate surface area is 163 Å². The summed E-state index contributed by atoms with van der Waals surface area (Å²) in [4.78, 5) is 12.6. The first-order valence-electron chi connectivity index (χ1n) is 8.94. The van der Waals surface area contributed by atoms with Gasteiger partial charge < -0.3 is 13.9 Å². The zero-order chi connectivity index (χ0) is 20.1. The molecule has 0 fully saturated rings. The van der Waals surface area contributed by atoms with Gasteiger partial charge in [0.15, 0.2) is 0 Å². The summed E-state index contributed by atoms with van der Waals surface area (Å²) in [5.74, 6) is 1.44. The topological polar surface area (TPSA) is 86.5 Å². The van der Waals surface area contributed by atoms with Crippen molar-refractivity contribution < 1.29 is 18.7 Å². The lowest BCUT2D eigenvalue weighted by molar-refractivity contribution is 0.102. The number of aromatic nitrogens is 2. The third-order valence-electron chi connectivity index (χ3n) is 4.34. The van der Waals surface area contributed by atoms with Crippen LogP contribution < -0.4 is 14.8 Å². The predicted octanol–water partition coefficient (Wildman–Crippen LogP) is 4.05. The number of rotatable bonds is 7. The Balaban J connectivity index is 1.70. The van der Waals surface area contributed by atoms with Crippen LogP contribution in [-0.2, 0) is 6.42 Å². The zero-order valence-corrected chi connectivity index (χ0v) is 16.4. The molecule has 0 spiro atoms. The highest BCUT2D eigenvalue weighted by molar-refractivity contribution is 6.05. The van der Waals surface area contributed by atoms with E-state index < -0.39 is 5.91 Å². The molecule has 0 saturated heterocycles. The monoisotopic (exact) mass is 381 g/mol. The maximum Gasteiger partial charge on any atom is 0.322 e. The van der Waals surface area contributed by atoms with E-state index in [1.807, 2.05) is 12.1 Å².